The molecule has 1 aromatic heterocycles. The molecule has 4 rings (SSSR count). The van der Waals surface area contributed by atoms with Gasteiger partial charge in [0.2, 0.25) is 0 Å². The van der Waals surface area contributed by atoms with Crippen molar-refractivity contribution in [2.75, 3.05) is 12.4 Å². The Morgan fingerprint density at radius 3 is 2.65 bits per heavy atom. The number of amides is 1. The van der Waals surface area contributed by atoms with E-state index in [9.17, 15) is 4.79 Å². The van der Waals surface area contributed by atoms with Crippen LogP contribution in [0.4, 0.5) is 5.69 Å². The Hall–Kier alpha value is -3.09. The Morgan fingerprint density at radius 1 is 1.06 bits per heavy atom. The first-order valence-electron chi connectivity index (χ1n) is 9.84. The maximum absolute atomic E-state index is 13.1. The van der Waals surface area contributed by atoms with Crippen LogP contribution in [-0.2, 0) is 12.2 Å². The van der Waals surface area contributed by atoms with E-state index in [1.807, 2.05) is 71.6 Å². The van der Waals surface area contributed by atoms with Crippen molar-refractivity contribution in [1.29, 1.82) is 0 Å². The number of benzene rings is 3. The molecule has 1 N–H and O–H groups in total. The van der Waals surface area contributed by atoms with E-state index in [2.05, 4.69) is 22.4 Å². The van der Waals surface area contributed by atoms with Gasteiger partial charge in [-0.1, -0.05) is 42.5 Å². The second-order valence-electron chi connectivity index (χ2n) is 6.91. The fourth-order valence-corrected chi connectivity index (χ4v) is 4.87. The molecular formula is C25H22N2O2S2. The lowest BCUT2D eigenvalue weighted by Crippen LogP contribution is -2.13. The van der Waals surface area contributed by atoms with Crippen LogP contribution in [0.25, 0.3) is 0 Å². The zero-order chi connectivity index (χ0) is 21.5. The number of thioether (sulfide) groups is 1. The van der Waals surface area contributed by atoms with Gasteiger partial charge >= 0.3 is 0 Å². The van der Waals surface area contributed by atoms with Gasteiger partial charge in [0.25, 0.3) is 5.91 Å². The second kappa shape index (κ2) is 10.3. The van der Waals surface area contributed by atoms with Gasteiger partial charge < -0.3 is 10.1 Å². The van der Waals surface area contributed by atoms with Gasteiger partial charge in [-0.3, -0.25) is 4.79 Å². The highest BCUT2D eigenvalue weighted by Crippen LogP contribution is 2.29. The van der Waals surface area contributed by atoms with Crippen LogP contribution in [0, 0.1) is 0 Å². The second-order valence-corrected chi connectivity index (χ2v) is 8.64. The first-order valence-corrected chi connectivity index (χ1v) is 11.8. The lowest BCUT2D eigenvalue weighted by Gasteiger charge is -2.13. The SMILES string of the molecule is COc1ccc(NC(=O)c2ccccc2SCc2cscn2)cc1Cc1ccccc1. The number of hydrogen-bond acceptors (Lipinski definition) is 5. The summed E-state index contributed by atoms with van der Waals surface area (Å²) in [6.07, 6.45) is 0.730. The van der Waals surface area contributed by atoms with E-state index in [4.69, 9.17) is 4.74 Å². The Balaban J connectivity index is 1.51. The minimum atomic E-state index is -0.128. The van der Waals surface area contributed by atoms with Crippen molar-refractivity contribution in [1.82, 2.24) is 4.98 Å². The van der Waals surface area contributed by atoms with Crippen LogP contribution < -0.4 is 10.1 Å². The molecule has 0 saturated heterocycles. The minimum Gasteiger partial charge on any atom is -0.496 e. The average Bonchev–Trinajstić information content (AvgIpc) is 3.32. The van der Waals surface area contributed by atoms with Crippen LogP contribution in [-0.4, -0.2) is 18.0 Å². The highest BCUT2D eigenvalue weighted by Gasteiger charge is 2.14. The highest BCUT2D eigenvalue weighted by molar-refractivity contribution is 7.98. The number of anilines is 1. The molecular weight excluding hydrogens is 424 g/mol. The Kier molecular flexibility index (Phi) is 7.02. The lowest BCUT2D eigenvalue weighted by atomic mass is 10.0. The van der Waals surface area contributed by atoms with Crippen LogP contribution >= 0.6 is 23.1 Å². The smallest absolute Gasteiger partial charge is 0.256 e. The van der Waals surface area contributed by atoms with Crippen molar-refractivity contribution < 1.29 is 9.53 Å². The molecule has 0 aliphatic carbocycles. The van der Waals surface area contributed by atoms with Crippen molar-refractivity contribution >= 4 is 34.7 Å². The summed E-state index contributed by atoms with van der Waals surface area (Å²) < 4.78 is 5.53. The summed E-state index contributed by atoms with van der Waals surface area (Å²) in [7, 11) is 1.66. The van der Waals surface area contributed by atoms with Gasteiger partial charge in [0.15, 0.2) is 0 Å². The van der Waals surface area contributed by atoms with Crippen molar-refractivity contribution in [2.45, 2.75) is 17.1 Å². The molecule has 4 aromatic rings. The summed E-state index contributed by atoms with van der Waals surface area (Å²) in [5, 5.41) is 5.08. The minimum absolute atomic E-state index is 0.128. The van der Waals surface area contributed by atoms with Gasteiger partial charge in [-0.05, 0) is 35.9 Å². The van der Waals surface area contributed by atoms with Crippen LogP contribution in [0.2, 0.25) is 0 Å². The predicted octanol–water partition coefficient (Wildman–Crippen LogP) is 6.29. The number of thiazole rings is 1. The summed E-state index contributed by atoms with van der Waals surface area (Å²) in [6, 6.07) is 23.6. The van der Waals surface area contributed by atoms with E-state index >= 15 is 0 Å². The quantitative estimate of drug-likeness (QED) is 0.323. The van der Waals surface area contributed by atoms with Crippen LogP contribution in [0.5, 0.6) is 5.75 Å². The fraction of sp³-hybridized carbons (Fsp3) is 0.120. The zero-order valence-corrected chi connectivity index (χ0v) is 18.7. The van der Waals surface area contributed by atoms with E-state index in [-0.39, 0.29) is 5.91 Å². The molecule has 0 atom stereocenters. The number of rotatable bonds is 8. The van der Waals surface area contributed by atoms with Crippen LogP contribution in [0.3, 0.4) is 0 Å². The molecule has 0 unspecified atom stereocenters. The van der Waals surface area contributed by atoms with E-state index in [1.54, 1.807) is 30.2 Å². The van der Waals surface area contributed by atoms with Gasteiger partial charge in [0.1, 0.15) is 5.75 Å². The third-order valence-corrected chi connectivity index (χ3v) is 6.51. The van der Waals surface area contributed by atoms with Crippen molar-refractivity contribution in [3.05, 3.63) is 106 Å². The maximum atomic E-state index is 13.1. The normalized spacial score (nSPS) is 10.6. The number of ether oxygens (including phenoxy) is 1. The molecule has 3 aromatic carbocycles. The molecule has 0 spiro atoms. The first kappa shape index (κ1) is 21.2. The zero-order valence-electron chi connectivity index (χ0n) is 17.1. The number of nitrogens with one attached hydrogen (secondary N) is 1. The molecule has 0 fully saturated rings. The fourth-order valence-electron chi connectivity index (χ4n) is 3.25. The molecule has 156 valence electrons. The molecule has 0 saturated carbocycles. The Bertz CT molecular complexity index is 1150. The number of aromatic nitrogens is 1. The molecule has 4 nitrogen and oxygen atoms in total. The first-order chi connectivity index (χ1) is 15.2. The van der Waals surface area contributed by atoms with E-state index in [0.29, 0.717) is 5.56 Å². The largest absolute Gasteiger partial charge is 0.496 e. The van der Waals surface area contributed by atoms with Gasteiger partial charge in [0.05, 0.1) is 23.9 Å². The lowest BCUT2D eigenvalue weighted by molar-refractivity contribution is 0.102. The van der Waals surface area contributed by atoms with Crippen molar-refractivity contribution in [2.24, 2.45) is 0 Å². The predicted molar refractivity (Wildman–Crippen MR) is 128 cm³/mol. The van der Waals surface area contributed by atoms with Gasteiger partial charge in [0, 0.05) is 33.7 Å². The number of carbonyl (C=O) groups is 1. The summed E-state index contributed by atoms with van der Waals surface area (Å²) in [5.74, 6) is 1.41. The molecule has 31 heavy (non-hydrogen) atoms. The molecule has 6 heteroatoms. The monoisotopic (exact) mass is 446 g/mol. The van der Waals surface area contributed by atoms with Crippen LogP contribution in [0.15, 0.2) is 88.6 Å². The summed E-state index contributed by atoms with van der Waals surface area (Å²) in [5.41, 5.74) is 6.46. The van der Waals surface area contributed by atoms with Gasteiger partial charge in [-0.15, -0.1) is 23.1 Å². The number of nitrogens with zero attached hydrogens (tertiary/aromatic N) is 1. The molecule has 0 bridgehead atoms. The van der Waals surface area contributed by atoms with E-state index in [0.717, 1.165) is 39.8 Å². The molecule has 0 radical (unpaired) electrons. The topological polar surface area (TPSA) is 51.2 Å². The summed E-state index contributed by atoms with van der Waals surface area (Å²) >= 11 is 3.20. The van der Waals surface area contributed by atoms with E-state index in [1.165, 1.54) is 5.56 Å². The maximum Gasteiger partial charge on any atom is 0.256 e. The van der Waals surface area contributed by atoms with Crippen molar-refractivity contribution in [3.8, 4) is 5.75 Å². The third kappa shape index (κ3) is 5.54. The average molecular weight is 447 g/mol. The molecule has 0 aliphatic heterocycles. The van der Waals surface area contributed by atoms with Crippen LogP contribution in [0.1, 0.15) is 27.2 Å². The molecule has 1 heterocycles. The summed E-state index contributed by atoms with van der Waals surface area (Å²) in [6.45, 7) is 0. The van der Waals surface area contributed by atoms with Gasteiger partial charge in [-0.25, -0.2) is 4.98 Å². The standard InChI is InChI=1S/C25H22N2O2S2/c1-29-23-12-11-20(14-19(23)13-18-7-3-2-4-8-18)27-25(28)22-9-5-6-10-24(22)31-16-21-15-30-17-26-21/h2-12,14-15,17H,13,16H2,1H3,(H,27,28). The molecule has 1 amide bonds. The summed E-state index contributed by atoms with van der Waals surface area (Å²) in [4.78, 5) is 18.3. The van der Waals surface area contributed by atoms with Gasteiger partial charge in [-0.2, -0.15) is 0 Å². The Morgan fingerprint density at radius 2 is 1.87 bits per heavy atom. The van der Waals surface area contributed by atoms with E-state index < -0.39 is 0 Å². The Labute approximate surface area is 190 Å². The number of carbonyl (C=O) groups excluding carboxylic acids is 1. The molecule has 0 aliphatic rings. The third-order valence-electron chi connectivity index (χ3n) is 4.77. The highest BCUT2D eigenvalue weighted by atomic mass is 32.2. The number of hydrogen-bond donors (Lipinski definition) is 1. The van der Waals surface area contributed by atoms with Crippen molar-refractivity contribution in [3.63, 3.8) is 0 Å². The number of methoxy groups -OCH3 is 1.